The van der Waals surface area contributed by atoms with Gasteiger partial charge in [-0.2, -0.15) is 0 Å². The first kappa shape index (κ1) is 18.7. The lowest BCUT2D eigenvalue weighted by Gasteiger charge is -2.11. The maximum absolute atomic E-state index is 11.9. The molecule has 1 aliphatic rings. The quantitative estimate of drug-likeness (QED) is 0.652. The van der Waals surface area contributed by atoms with Crippen molar-refractivity contribution in [2.24, 2.45) is 0 Å². The van der Waals surface area contributed by atoms with Crippen LogP contribution in [-0.2, 0) is 19.1 Å². The Morgan fingerprint density at radius 1 is 1.28 bits per heavy atom. The van der Waals surface area contributed by atoms with Crippen molar-refractivity contribution in [1.82, 2.24) is 10.6 Å². The largest absolute Gasteiger partial charge is 0.497 e. The third kappa shape index (κ3) is 6.42. The van der Waals surface area contributed by atoms with E-state index in [4.69, 9.17) is 14.2 Å². The van der Waals surface area contributed by atoms with Crippen LogP contribution in [0.3, 0.4) is 0 Å². The van der Waals surface area contributed by atoms with Crippen LogP contribution >= 0.6 is 0 Å². The van der Waals surface area contributed by atoms with Gasteiger partial charge in [0.1, 0.15) is 12.3 Å². The van der Waals surface area contributed by atoms with Crippen LogP contribution in [0.2, 0.25) is 0 Å². The highest BCUT2D eigenvalue weighted by Crippen LogP contribution is 2.12. The van der Waals surface area contributed by atoms with E-state index in [0.717, 1.165) is 12.8 Å². The third-order valence-corrected chi connectivity index (χ3v) is 3.64. The summed E-state index contributed by atoms with van der Waals surface area (Å²) in [6.45, 7) is 0.404. The monoisotopic (exact) mass is 350 g/mol. The summed E-state index contributed by atoms with van der Waals surface area (Å²) in [7, 11) is 1.50. The summed E-state index contributed by atoms with van der Waals surface area (Å²) in [6, 6.07) is 6.53. The molecular weight excluding hydrogens is 328 g/mol. The molecule has 0 bridgehead atoms. The molecular formula is C17H22N2O6. The molecule has 0 aromatic heterocycles. The van der Waals surface area contributed by atoms with Gasteiger partial charge in [0, 0.05) is 18.7 Å². The Morgan fingerprint density at radius 3 is 2.84 bits per heavy atom. The fourth-order valence-electron chi connectivity index (χ4n) is 2.30. The number of rotatable bonds is 8. The molecule has 1 aromatic rings. The molecule has 0 saturated carbocycles. The van der Waals surface area contributed by atoms with Crippen molar-refractivity contribution in [1.29, 1.82) is 0 Å². The summed E-state index contributed by atoms with van der Waals surface area (Å²) in [5.41, 5.74) is 0.362. The Hall–Kier alpha value is -2.61. The second-order valence-electron chi connectivity index (χ2n) is 5.51. The van der Waals surface area contributed by atoms with Crippen LogP contribution in [0.5, 0.6) is 5.75 Å². The van der Waals surface area contributed by atoms with E-state index >= 15 is 0 Å². The van der Waals surface area contributed by atoms with Crippen LogP contribution in [0, 0.1) is 0 Å². The number of amides is 2. The smallest absolute Gasteiger partial charge is 0.325 e. The average Bonchev–Trinajstić information content (AvgIpc) is 3.16. The fraction of sp³-hybridized carbons (Fsp3) is 0.471. The molecule has 25 heavy (non-hydrogen) atoms. The standard InChI is InChI=1S/C17H22N2O6/c1-23-13-5-2-4-12(8-13)17(22)19-10-16(21)25-11-15(20)18-9-14-6-3-7-24-14/h2,4-5,8,14H,3,6-7,9-11H2,1H3,(H,18,20)(H,19,22)/t14-/m0/s1. The van der Waals surface area contributed by atoms with Crippen molar-refractivity contribution >= 4 is 17.8 Å². The van der Waals surface area contributed by atoms with Gasteiger partial charge in [-0.3, -0.25) is 14.4 Å². The maximum atomic E-state index is 11.9. The van der Waals surface area contributed by atoms with Crippen LogP contribution in [-0.4, -0.2) is 57.3 Å². The minimum absolute atomic E-state index is 0.0294. The minimum Gasteiger partial charge on any atom is -0.497 e. The van der Waals surface area contributed by atoms with Crippen LogP contribution in [0.4, 0.5) is 0 Å². The van der Waals surface area contributed by atoms with E-state index in [2.05, 4.69) is 10.6 Å². The second kappa shape index (κ2) is 9.63. The van der Waals surface area contributed by atoms with Crippen LogP contribution in [0.15, 0.2) is 24.3 Å². The summed E-state index contributed by atoms with van der Waals surface area (Å²) in [6.07, 6.45) is 1.93. The molecule has 136 valence electrons. The number of ether oxygens (including phenoxy) is 3. The molecule has 0 unspecified atom stereocenters. The Balaban J connectivity index is 1.64. The zero-order valence-electron chi connectivity index (χ0n) is 14.1. The molecule has 8 nitrogen and oxygen atoms in total. The zero-order chi connectivity index (χ0) is 18.1. The summed E-state index contributed by atoms with van der Waals surface area (Å²) >= 11 is 0. The predicted octanol–water partition coefficient (Wildman–Crippen LogP) is 0.263. The summed E-state index contributed by atoms with van der Waals surface area (Å²) in [5, 5.41) is 5.07. The topological polar surface area (TPSA) is 103 Å². The summed E-state index contributed by atoms with van der Waals surface area (Å²) < 4.78 is 15.2. The van der Waals surface area contributed by atoms with E-state index in [1.165, 1.54) is 7.11 Å². The van der Waals surface area contributed by atoms with Gasteiger partial charge in [-0.25, -0.2) is 0 Å². The van der Waals surface area contributed by atoms with Gasteiger partial charge in [0.2, 0.25) is 0 Å². The number of hydrogen-bond acceptors (Lipinski definition) is 6. The summed E-state index contributed by atoms with van der Waals surface area (Å²) in [5.74, 6) is -0.983. The number of methoxy groups -OCH3 is 1. The highest BCUT2D eigenvalue weighted by molar-refractivity contribution is 5.96. The number of benzene rings is 1. The first-order chi connectivity index (χ1) is 12.1. The first-order valence-corrected chi connectivity index (χ1v) is 8.04. The Morgan fingerprint density at radius 2 is 2.12 bits per heavy atom. The van der Waals surface area contributed by atoms with Crippen molar-refractivity contribution in [3.63, 3.8) is 0 Å². The van der Waals surface area contributed by atoms with Crippen LogP contribution in [0.25, 0.3) is 0 Å². The average molecular weight is 350 g/mol. The van der Waals surface area contributed by atoms with E-state index in [-0.39, 0.29) is 19.3 Å². The lowest BCUT2D eigenvalue weighted by Crippen LogP contribution is -2.36. The molecule has 2 rings (SSSR count). The van der Waals surface area contributed by atoms with Crippen molar-refractivity contribution in [2.75, 3.05) is 33.4 Å². The van der Waals surface area contributed by atoms with Gasteiger partial charge in [-0.05, 0) is 31.0 Å². The number of nitrogens with one attached hydrogen (secondary N) is 2. The van der Waals surface area contributed by atoms with E-state index in [1.54, 1.807) is 24.3 Å². The molecule has 8 heteroatoms. The minimum atomic E-state index is -0.691. The first-order valence-electron chi connectivity index (χ1n) is 8.04. The van der Waals surface area contributed by atoms with E-state index in [0.29, 0.717) is 24.5 Å². The Kier molecular flexibility index (Phi) is 7.21. The second-order valence-corrected chi connectivity index (χ2v) is 5.51. The third-order valence-electron chi connectivity index (χ3n) is 3.64. The van der Waals surface area contributed by atoms with Gasteiger partial charge >= 0.3 is 5.97 Å². The van der Waals surface area contributed by atoms with E-state index < -0.39 is 17.8 Å². The Labute approximate surface area is 145 Å². The number of carbonyl (C=O) groups excluding carboxylic acids is 3. The highest BCUT2D eigenvalue weighted by Gasteiger charge is 2.17. The lowest BCUT2D eigenvalue weighted by molar-refractivity contribution is -0.147. The van der Waals surface area contributed by atoms with E-state index in [9.17, 15) is 14.4 Å². The number of hydrogen-bond donors (Lipinski definition) is 2. The number of carbonyl (C=O) groups is 3. The lowest BCUT2D eigenvalue weighted by atomic mass is 10.2. The molecule has 0 radical (unpaired) electrons. The predicted molar refractivity (Wildman–Crippen MR) is 88.3 cm³/mol. The van der Waals surface area contributed by atoms with Gasteiger partial charge in [-0.1, -0.05) is 6.07 Å². The van der Waals surface area contributed by atoms with Crippen LogP contribution in [0.1, 0.15) is 23.2 Å². The zero-order valence-corrected chi connectivity index (χ0v) is 14.1. The van der Waals surface area contributed by atoms with Crippen LogP contribution < -0.4 is 15.4 Å². The normalized spacial score (nSPS) is 16.1. The van der Waals surface area contributed by atoms with Gasteiger partial charge in [-0.15, -0.1) is 0 Å². The molecule has 1 aliphatic heterocycles. The fourth-order valence-corrected chi connectivity index (χ4v) is 2.30. The summed E-state index contributed by atoms with van der Waals surface area (Å²) in [4.78, 5) is 35.1. The van der Waals surface area contributed by atoms with Crippen molar-refractivity contribution in [3.05, 3.63) is 29.8 Å². The molecule has 0 spiro atoms. The molecule has 0 aliphatic carbocycles. The molecule has 1 fully saturated rings. The van der Waals surface area contributed by atoms with E-state index in [1.807, 2.05) is 0 Å². The van der Waals surface area contributed by atoms with Gasteiger partial charge in [0.25, 0.3) is 11.8 Å². The molecule has 1 atom stereocenters. The Bertz CT molecular complexity index is 613. The van der Waals surface area contributed by atoms with Gasteiger partial charge in [0.15, 0.2) is 6.61 Å². The molecule has 2 N–H and O–H groups in total. The molecule has 2 amide bonds. The maximum Gasteiger partial charge on any atom is 0.325 e. The highest BCUT2D eigenvalue weighted by atomic mass is 16.5. The van der Waals surface area contributed by atoms with Crippen molar-refractivity contribution in [2.45, 2.75) is 18.9 Å². The van der Waals surface area contributed by atoms with Gasteiger partial charge in [0.05, 0.1) is 13.2 Å². The number of esters is 1. The van der Waals surface area contributed by atoms with Crippen molar-refractivity contribution < 1.29 is 28.6 Å². The SMILES string of the molecule is COc1cccc(C(=O)NCC(=O)OCC(=O)NC[C@@H]2CCCO2)c1. The molecule has 1 aromatic carbocycles. The molecule has 1 saturated heterocycles. The van der Waals surface area contributed by atoms with Gasteiger partial charge < -0.3 is 24.8 Å². The molecule has 1 heterocycles. The van der Waals surface area contributed by atoms with Crippen molar-refractivity contribution in [3.8, 4) is 5.75 Å².